The van der Waals surface area contributed by atoms with E-state index in [9.17, 15) is 4.79 Å². The lowest BCUT2D eigenvalue weighted by molar-refractivity contribution is -0.116. The molecule has 1 amide bonds. The fourth-order valence-electron chi connectivity index (χ4n) is 2.14. The normalized spacial score (nSPS) is 17.7. The van der Waals surface area contributed by atoms with E-state index >= 15 is 0 Å². The minimum atomic E-state index is -0.0223. The van der Waals surface area contributed by atoms with E-state index in [1.54, 1.807) is 12.1 Å². The number of carbonyl (C=O) groups is 1. The van der Waals surface area contributed by atoms with Crippen molar-refractivity contribution in [1.29, 1.82) is 0 Å². The summed E-state index contributed by atoms with van der Waals surface area (Å²) in [5.74, 6) is 2.59. The number of hydrogen-bond acceptors (Lipinski definition) is 4. The van der Waals surface area contributed by atoms with Gasteiger partial charge in [-0.3, -0.25) is 4.79 Å². The lowest BCUT2D eigenvalue weighted by Gasteiger charge is -2.23. The Morgan fingerprint density at radius 1 is 1.55 bits per heavy atom. The van der Waals surface area contributed by atoms with Crippen molar-refractivity contribution in [2.45, 2.75) is 32.4 Å². The zero-order chi connectivity index (χ0) is 15.2. The first-order valence-electron chi connectivity index (χ1n) is 7.12. The van der Waals surface area contributed by atoms with Gasteiger partial charge < -0.3 is 15.4 Å². The molecular formula is C15H22Cl2N2O2S. The molecule has 22 heavy (non-hydrogen) atoms. The number of benzene rings is 1. The van der Waals surface area contributed by atoms with Crippen LogP contribution in [0.3, 0.4) is 0 Å². The third-order valence-corrected chi connectivity index (χ3v) is 4.45. The quantitative estimate of drug-likeness (QED) is 0.838. The zero-order valence-electron chi connectivity index (χ0n) is 12.7. The summed E-state index contributed by atoms with van der Waals surface area (Å²) >= 11 is 8.03. The van der Waals surface area contributed by atoms with Crippen LogP contribution in [-0.4, -0.2) is 36.1 Å². The van der Waals surface area contributed by atoms with E-state index in [-0.39, 0.29) is 30.5 Å². The first kappa shape index (κ1) is 19.4. The monoisotopic (exact) mass is 364 g/mol. The first-order valence-corrected chi connectivity index (χ1v) is 8.65. The van der Waals surface area contributed by atoms with Crippen LogP contribution in [0.5, 0.6) is 5.75 Å². The summed E-state index contributed by atoms with van der Waals surface area (Å²) in [6.07, 6.45) is 0.456. The van der Waals surface area contributed by atoms with Crippen molar-refractivity contribution in [2.24, 2.45) is 0 Å². The number of ether oxygens (including phenoxy) is 1. The molecule has 1 heterocycles. The van der Waals surface area contributed by atoms with Crippen LogP contribution in [0.4, 0.5) is 5.69 Å². The maximum absolute atomic E-state index is 12.2. The van der Waals surface area contributed by atoms with Gasteiger partial charge in [-0.05, 0) is 26.0 Å². The second kappa shape index (κ2) is 9.50. The summed E-state index contributed by atoms with van der Waals surface area (Å²) in [5.41, 5.74) is 0.629. The summed E-state index contributed by atoms with van der Waals surface area (Å²) in [5, 5.41) is 6.77. The molecule has 1 atom stereocenters. The summed E-state index contributed by atoms with van der Waals surface area (Å²) in [6.45, 7) is 4.82. The average molecular weight is 365 g/mol. The highest BCUT2D eigenvalue weighted by Crippen LogP contribution is 2.33. The van der Waals surface area contributed by atoms with E-state index in [4.69, 9.17) is 16.3 Å². The number of hydrogen-bond donors (Lipinski definition) is 2. The lowest BCUT2D eigenvalue weighted by atomic mass is 10.2. The number of carbonyl (C=O) groups excluding carboxylic acids is 1. The SMILES string of the molecule is CC(C)Oc1c(Cl)cccc1NC(=O)CC1CSCCN1.Cl. The largest absolute Gasteiger partial charge is 0.487 e. The van der Waals surface area contributed by atoms with Crippen LogP contribution < -0.4 is 15.4 Å². The Labute approximate surface area is 147 Å². The van der Waals surface area contributed by atoms with Crippen LogP contribution in [0.25, 0.3) is 0 Å². The Morgan fingerprint density at radius 2 is 2.32 bits per heavy atom. The van der Waals surface area contributed by atoms with Crippen molar-refractivity contribution in [3.05, 3.63) is 23.2 Å². The number of anilines is 1. The highest BCUT2D eigenvalue weighted by molar-refractivity contribution is 7.99. The first-order chi connectivity index (χ1) is 10.1. The lowest BCUT2D eigenvalue weighted by Crippen LogP contribution is -2.39. The summed E-state index contributed by atoms with van der Waals surface area (Å²) in [4.78, 5) is 12.2. The summed E-state index contributed by atoms with van der Waals surface area (Å²) in [6, 6.07) is 5.61. The van der Waals surface area contributed by atoms with Gasteiger partial charge in [-0.15, -0.1) is 12.4 Å². The molecule has 1 saturated heterocycles. The Hall–Kier alpha value is -0.620. The minimum absolute atomic E-state index is 0. The molecule has 1 aliphatic rings. The van der Waals surface area contributed by atoms with Crippen LogP contribution in [0.2, 0.25) is 5.02 Å². The van der Waals surface area contributed by atoms with Gasteiger partial charge in [0.1, 0.15) is 0 Å². The van der Waals surface area contributed by atoms with Crippen LogP contribution in [0.1, 0.15) is 20.3 Å². The predicted octanol–water partition coefficient (Wildman–Crippen LogP) is 3.58. The molecule has 2 N–H and O–H groups in total. The molecule has 1 aromatic carbocycles. The Kier molecular flexibility index (Phi) is 8.39. The van der Waals surface area contributed by atoms with Gasteiger partial charge in [0.05, 0.1) is 16.8 Å². The van der Waals surface area contributed by atoms with E-state index in [1.165, 1.54) is 0 Å². The molecule has 4 nitrogen and oxygen atoms in total. The third-order valence-electron chi connectivity index (χ3n) is 3.02. The number of nitrogens with one attached hydrogen (secondary N) is 2. The number of amides is 1. The Morgan fingerprint density at radius 3 is 2.95 bits per heavy atom. The fourth-order valence-corrected chi connectivity index (χ4v) is 3.31. The number of thioether (sulfide) groups is 1. The molecule has 124 valence electrons. The molecule has 0 radical (unpaired) electrons. The van der Waals surface area contributed by atoms with E-state index in [2.05, 4.69) is 10.6 Å². The average Bonchev–Trinajstić information content (AvgIpc) is 2.43. The van der Waals surface area contributed by atoms with Gasteiger partial charge in [0, 0.05) is 30.5 Å². The summed E-state index contributed by atoms with van der Waals surface area (Å²) < 4.78 is 5.70. The molecule has 7 heteroatoms. The molecule has 0 spiro atoms. The van der Waals surface area contributed by atoms with Crippen molar-refractivity contribution >= 4 is 47.4 Å². The van der Waals surface area contributed by atoms with Crippen LogP contribution >= 0.6 is 35.8 Å². The van der Waals surface area contributed by atoms with E-state index in [0.717, 1.165) is 18.1 Å². The van der Waals surface area contributed by atoms with E-state index in [0.29, 0.717) is 22.9 Å². The van der Waals surface area contributed by atoms with Gasteiger partial charge in [0.2, 0.25) is 5.91 Å². The molecule has 2 rings (SSSR count). The number of halogens is 2. The highest BCUT2D eigenvalue weighted by Gasteiger charge is 2.18. The van der Waals surface area contributed by atoms with Gasteiger partial charge in [-0.2, -0.15) is 11.8 Å². The van der Waals surface area contributed by atoms with Gasteiger partial charge in [-0.25, -0.2) is 0 Å². The van der Waals surface area contributed by atoms with Crippen molar-refractivity contribution < 1.29 is 9.53 Å². The molecule has 0 aliphatic carbocycles. The van der Waals surface area contributed by atoms with Gasteiger partial charge in [0.15, 0.2) is 5.75 Å². The fraction of sp³-hybridized carbons (Fsp3) is 0.533. The minimum Gasteiger partial charge on any atom is -0.487 e. The van der Waals surface area contributed by atoms with Crippen LogP contribution in [0, 0.1) is 0 Å². The molecule has 0 aromatic heterocycles. The molecule has 0 saturated carbocycles. The van der Waals surface area contributed by atoms with Crippen LogP contribution in [0.15, 0.2) is 18.2 Å². The molecule has 1 unspecified atom stereocenters. The van der Waals surface area contributed by atoms with Crippen molar-refractivity contribution in [2.75, 3.05) is 23.4 Å². The summed E-state index contributed by atoms with van der Waals surface area (Å²) in [7, 11) is 0. The predicted molar refractivity (Wildman–Crippen MR) is 96.8 cm³/mol. The molecular weight excluding hydrogens is 343 g/mol. The van der Waals surface area contributed by atoms with E-state index in [1.807, 2.05) is 31.7 Å². The van der Waals surface area contributed by atoms with Crippen LogP contribution in [-0.2, 0) is 4.79 Å². The van der Waals surface area contributed by atoms with Crippen molar-refractivity contribution in [1.82, 2.24) is 5.32 Å². The molecule has 1 aromatic rings. The standard InChI is InChI=1S/C15H21ClN2O2S.ClH/c1-10(2)20-15-12(16)4-3-5-13(15)18-14(19)8-11-9-21-7-6-17-11;/h3-5,10-11,17H,6-9H2,1-2H3,(H,18,19);1H. The van der Waals surface area contributed by atoms with Gasteiger partial charge in [0.25, 0.3) is 0 Å². The molecule has 1 aliphatic heterocycles. The van der Waals surface area contributed by atoms with E-state index < -0.39 is 0 Å². The zero-order valence-corrected chi connectivity index (χ0v) is 15.1. The molecule has 1 fully saturated rings. The maximum atomic E-state index is 12.2. The smallest absolute Gasteiger partial charge is 0.226 e. The van der Waals surface area contributed by atoms with Gasteiger partial charge >= 0.3 is 0 Å². The number of para-hydroxylation sites is 1. The Balaban J connectivity index is 0.00000242. The maximum Gasteiger partial charge on any atom is 0.226 e. The van der Waals surface area contributed by atoms with Crippen molar-refractivity contribution in [3.63, 3.8) is 0 Å². The van der Waals surface area contributed by atoms with Crippen molar-refractivity contribution in [3.8, 4) is 5.75 Å². The molecule has 0 bridgehead atoms. The Bertz CT molecular complexity index is 494. The third kappa shape index (κ3) is 5.88. The second-order valence-corrected chi connectivity index (χ2v) is 6.82. The van der Waals surface area contributed by atoms with Gasteiger partial charge in [-0.1, -0.05) is 17.7 Å². The topological polar surface area (TPSA) is 50.4 Å². The second-order valence-electron chi connectivity index (χ2n) is 5.26. The highest BCUT2D eigenvalue weighted by atomic mass is 35.5. The number of rotatable bonds is 5.